The molecule has 6 nitrogen and oxygen atoms in total. The van der Waals surface area contributed by atoms with Crippen LogP contribution in [0.4, 0.5) is 5.82 Å². The number of hydrogen-bond donors (Lipinski definition) is 2. The first-order valence-corrected chi connectivity index (χ1v) is 8.50. The molecule has 0 aromatic carbocycles. The lowest BCUT2D eigenvalue weighted by Gasteiger charge is -2.33. The summed E-state index contributed by atoms with van der Waals surface area (Å²) in [6, 6.07) is 0. The normalized spacial score (nSPS) is 18.6. The zero-order valence-electron chi connectivity index (χ0n) is 12.7. The number of hydrogen-bond acceptors (Lipinski definition) is 6. The highest BCUT2D eigenvalue weighted by Crippen LogP contribution is 2.32. The van der Waals surface area contributed by atoms with Gasteiger partial charge in [-0.25, -0.2) is 9.97 Å². The molecule has 1 atom stereocenters. The topological polar surface area (TPSA) is 84.1 Å². The molecule has 2 aromatic heterocycles. The number of anilines is 1. The minimum atomic E-state index is 0.00590. The van der Waals surface area contributed by atoms with Crippen molar-refractivity contribution >= 4 is 33.3 Å². The monoisotopic (exact) mass is 319 g/mol. The summed E-state index contributed by atoms with van der Waals surface area (Å²) in [4.78, 5) is 23.2. The fourth-order valence-electron chi connectivity index (χ4n) is 2.91. The molecule has 3 N–H and O–H groups in total. The van der Waals surface area contributed by atoms with Crippen LogP contribution in [-0.2, 0) is 4.79 Å². The second kappa shape index (κ2) is 6.58. The van der Waals surface area contributed by atoms with Crippen LogP contribution in [0.3, 0.4) is 0 Å². The molecule has 22 heavy (non-hydrogen) atoms. The van der Waals surface area contributed by atoms with Crippen LogP contribution in [0.15, 0.2) is 11.7 Å². The molecule has 3 heterocycles. The molecule has 0 bridgehead atoms. The van der Waals surface area contributed by atoms with Gasteiger partial charge in [-0.15, -0.1) is 11.3 Å². The summed E-state index contributed by atoms with van der Waals surface area (Å²) in [5.41, 5.74) is 7.65. The molecule has 1 fully saturated rings. The van der Waals surface area contributed by atoms with E-state index >= 15 is 0 Å². The summed E-state index contributed by atoms with van der Waals surface area (Å²) in [6.45, 7) is 4.72. The van der Waals surface area contributed by atoms with E-state index < -0.39 is 0 Å². The summed E-state index contributed by atoms with van der Waals surface area (Å²) in [7, 11) is 0. The number of piperidine rings is 1. The number of thiophene rings is 1. The quantitative estimate of drug-likeness (QED) is 0.887. The Morgan fingerprint density at radius 1 is 1.55 bits per heavy atom. The molecule has 1 aliphatic heterocycles. The Labute approximate surface area is 133 Å². The highest BCUT2D eigenvalue weighted by Gasteiger charge is 2.27. The molecule has 2 aromatic rings. The van der Waals surface area contributed by atoms with E-state index in [0.29, 0.717) is 19.6 Å². The number of carbonyl (C=O) groups is 1. The van der Waals surface area contributed by atoms with E-state index in [2.05, 4.69) is 32.5 Å². The lowest BCUT2D eigenvalue weighted by Crippen LogP contribution is -2.44. The van der Waals surface area contributed by atoms with Gasteiger partial charge in [-0.05, 0) is 30.7 Å². The maximum Gasteiger partial charge on any atom is 0.224 e. The first-order valence-electron chi connectivity index (χ1n) is 7.62. The average Bonchev–Trinajstić information content (AvgIpc) is 2.94. The molecular formula is C15H21N5OS. The van der Waals surface area contributed by atoms with Gasteiger partial charge >= 0.3 is 0 Å². The minimum Gasteiger partial charge on any atom is -0.355 e. The molecule has 1 amide bonds. The van der Waals surface area contributed by atoms with Crippen molar-refractivity contribution in [1.29, 1.82) is 0 Å². The zero-order chi connectivity index (χ0) is 15.5. The predicted molar refractivity (Wildman–Crippen MR) is 89.2 cm³/mol. The Morgan fingerprint density at radius 2 is 2.41 bits per heavy atom. The van der Waals surface area contributed by atoms with E-state index in [1.807, 2.05) is 0 Å². The first kappa shape index (κ1) is 15.2. The van der Waals surface area contributed by atoms with E-state index in [4.69, 9.17) is 5.73 Å². The highest BCUT2D eigenvalue weighted by atomic mass is 32.1. The number of aryl methyl sites for hydroxylation is 1. The van der Waals surface area contributed by atoms with Gasteiger partial charge in [-0.2, -0.15) is 0 Å². The lowest BCUT2D eigenvalue weighted by atomic mass is 9.97. The molecule has 1 unspecified atom stereocenters. The molecule has 7 heteroatoms. The molecule has 0 saturated carbocycles. The number of nitrogens with zero attached hydrogens (tertiary/aromatic N) is 3. The van der Waals surface area contributed by atoms with Crippen molar-refractivity contribution in [2.45, 2.75) is 19.8 Å². The summed E-state index contributed by atoms with van der Waals surface area (Å²) in [6.07, 6.45) is 3.54. The summed E-state index contributed by atoms with van der Waals surface area (Å²) >= 11 is 1.67. The van der Waals surface area contributed by atoms with Crippen LogP contribution >= 0.6 is 11.3 Å². The maximum absolute atomic E-state index is 12.2. The standard InChI is InChI=1S/C15H21N5OS/c1-10-8-22-13-12(10)18-9-19-14(13)20-6-2-3-11(7-20)15(21)17-5-4-16/h8-9,11H,2-7,16H2,1H3,(H,17,21). The SMILES string of the molecule is Cc1csc2c(N3CCCC(C(=O)NCCN)C3)ncnc12. The number of rotatable bonds is 4. The predicted octanol–water partition coefficient (Wildman–Crippen LogP) is 1.29. The van der Waals surface area contributed by atoms with Gasteiger partial charge in [-0.3, -0.25) is 4.79 Å². The Morgan fingerprint density at radius 3 is 3.23 bits per heavy atom. The van der Waals surface area contributed by atoms with Crippen molar-refractivity contribution in [3.05, 3.63) is 17.3 Å². The second-order valence-corrected chi connectivity index (χ2v) is 6.54. The van der Waals surface area contributed by atoms with E-state index in [9.17, 15) is 4.79 Å². The number of fused-ring (bicyclic) bond motifs is 1. The maximum atomic E-state index is 12.2. The van der Waals surface area contributed by atoms with Gasteiger partial charge in [0.25, 0.3) is 0 Å². The molecule has 0 radical (unpaired) electrons. The third-order valence-corrected chi connectivity index (χ3v) is 5.13. The highest BCUT2D eigenvalue weighted by molar-refractivity contribution is 7.18. The molecule has 3 rings (SSSR count). The number of amides is 1. The smallest absolute Gasteiger partial charge is 0.224 e. The van der Waals surface area contributed by atoms with Gasteiger partial charge in [0, 0.05) is 26.2 Å². The van der Waals surface area contributed by atoms with Gasteiger partial charge in [-0.1, -0.05) is 0 Å². The van der Waals surface area contributed by atoms with Gasteiger partial charge in [0.1, 0.15) is 12.1 Å². The van der Waals surface area contributed by atoms with Crippen LogP contribution < -0.4 is 16.0 Å². The van der Waals surface area contributed by atoms with Crippen LogP contribution in [-0.4, -0.2) is 42.1 Å². The van der Waals surface area contributed by atoms with Crippen molar-refractivity contribution in [2.75, 3.05) is 31.1 Å². The van der Waals surface area contributed by atoms with Crippen molar-refractivity contribution in [3.63, 3.8) is 0 Å². The summed E-state index contributed by atoms with van der Waals surface area (Å²) in [5.74, 6) is 1.06. The third kappa shape index (κ3) is 2.91. The van der Waals surface area contributed by atoms with Crippen LogP contribution in [0.2, 0.25) is 0 Å². The van der Waals surface area contributed by atoms with Gasteiger partial charge < -0.3 is 16.0 Å². The molecule has 1 aliphatic rings. The number of aromatic nitrogens is 2. The van der Waals surface area contributed by atoms with Crippen LogP contribution in [0.5, 0.6) is 0 Å². The molecule has 0 aliphatic carbocycles. The van der Waals surface area contributed by atoms with E-state index in [1.54, 1.807) is 17.7 Å². The molecular weight excluding hydrogens is 298 g/mol. The van der Waals surface area contributed by atoms with Crippen molar-refractivity contribution in [1.82, 2.24) is 15.3 Å². The van der Waals surface area contributed by atoms with Crippen molar-refractivity contribution in [2.24, 2.45) is 11.7 Å². The van der Waals surface area contributed by atoms with E-state index in [0.717, 1.165) is 35.4 Å². The fraction of sp³-hybridized carbons (Fsp3) is 0.533. The van der Waals surface area contributed by atoms with Crippen molar-refractivity contribution < 1.29 is 4.79 Å². The Bertz CT molecular complexity index is 671. The van der Waals surface area contributed by atoms with E-state index in [-0.39, 0.29) is 11.8 Å². The number of nitrogens with two attached hydrogens (primary N) is 1. The van der Waals surface area contributed by atoms with Gasteiger partial charge in [0.15, 0.2) is 0 Å². The zero-order valence-corrected chi connectivity index (χ0v) is 13.5. The van der Waals surface area contributed by atoms with Crippen LogP contribution in [0.1, 0.15) is 18.4 Å². The number of carbonyl (C=O) groups excluding carboxylic acids is 1. The van der Waals surface area contributed by atoms with Gasteiger partial charge in [0.05, 0.1) is 16.1 Å². The summed E-state index contributed by atoms with van der Waals surface area (Å²) in [5, 5.41) is 5.00. The molecule has 0 spiro atoms. The molecule has 1 saturated heterocycles. The van der Waals surface area contributed by atoms with Crippen molar-refractivity contribution in [3.8, 4) is 0 Å². The first-order chi connectivity index (χ1) is 10.7. The molecule has 118 valence electrons. The number of nitrogens with one attached hydrogen (secondary N) is 1. The lowest BCUT2D eigenvalue weighted by molar-refractivity contribution is -0.125. The second-order valence-electron chi connectivity index (χ2n) is 5.66. The minimum absolute atomic E-state index is 0.00590. The Kier molecular flexibility index (Phi) is 4.54. The van der Waals surface area contributed by atoms with Crippen LogP contribution in [0, 0.1) is 12.8 Å². The Balaban J connectivity index is 1.80. The van der Waals surface area contributed by atoms with Crippen LogP contribution in [0.25, 0.3) is 10.2 Å². The summed E-state index contributed by atoms with van der Waals surface area (Å²) < 4.78 is 1.11. The Hall–Kier alpha value is -1.73. The largest absolute Gasteiger partial charge is 0.355 e. The third-order valence-electron chi connectivity index (χ3n) is 4.05. The van der Waals surface area contributed by atoms with Gasteiger partial charge in [0.2, 0.25) is 5.91 Å². The average molecular weight is 319 g/mol. The fourth-order valence-corrected chi connectivity index (χ4v) is 3.92. The van der Waals surface area contributed by atoms with E-state index in [1.165, 1.54) is 5.56 Å².